The molecule has 0 fully saturated rings. The molecule has 0 heterocycles. The molecule has 0 aliphatic carbocycles. The van der Waals surface area contributed by atoms with E-state index in [1.54, 1.807) is 18.2 Å². The average molecular weight is 256 g/mol. The number of benzene rings is 2. The summed E-state index contributed by atoms with van der Waals surface area (Å²) in [4.78, 5) is 11.6. The van der Waals surface area contributed by atoms with E-state index in [-0.39, 0.29) is 11.7 Å². The van der Waals surface area contributed by atoms with Crippen LogP contribution in [0.4, 0.5) is 0 Å². The van der Waals surface area contributed by atoms with Crippen LogP contribution in [0, 0.1) is 0 Å². The molecule has 0 radical (unpaired) electrons. The van der Waals surface area contributed by atoms with Gasteiger partial charge in [0, 0.05) is 0 Å². The third kappa shape index (κ3) is 3.35. The van der Waals surface area contributed by atoms with E-state index in [1.165, 1.54) is 7.11 Å². The first-order chi connectivity index (χ1) is 9.20. The first kappa shape index (κ1) is 13.1. The fraction of sp³-hybridized carbons (Fsp3) is 0.188. The molecule has 0 saturated carbocycles. The molecule has 1 N–H and O–H groups in total. The Hall–Kier alpha value is -2.29. The minimum absolute atomic E-state index is 0.263. The van der Waals surface area contributed by atoms with E-state index in [2.05, 4.69) is 0 Å². The monoisotopic (exact) mass is 256 g/mol. The van der Waals surface area contributed by atoms with Crippen molar-refractivity contribution in [2.75, 3.05) is 7.11 Å². The minimum Gasteiger partial charge on any atom is -0.508 e. The number of hydrogen-bond donors (Lipinski definition) is 1. The number of phenolic OH excluding ortho intramolecular Hbond substituents is 1. The quantitative estimate of drug-likeness (QED) is 0.855. The van der Waals surface area contributed by atoms with Crippen LogP contribution in [0.1, 0.15) is 21.5 Å². The zero-order valence-corrected chi connectivity index (χ0v) is 10.8. The zero-order chi connectivity index (χ0) is 13.7. The third-order valence-electron chi connectivity index (χ3n) is 3.04. The summed E-state index contributed by atoms with van der Waals surface area (Å²) in [6.45, 7) is 0. The normalized spacial score (nSPS) is 10.2. The van der Waals surface area contributed by atoms with Crippen molar-refractivity contribution in [1.82, 2.24) is 0 Å². The van der Waals surface area contributed by atoms with Gasteiger partial charge >= 0.3 is 5.97 Å². The number of ether oxygens (including phenoxy) is 1. The van der Waals surface area contributed by atoms with Gasteiger partial charge in [0.05, 0.1) is 12.7 Å². The van der Waals surface area contributed by atoms with E-state index in [9.17, 15) is 9.90 Å². The molecule has 0 bridgehead atoms. The van der Waals surface area contributed by atoms with Crippen molar-refractivity contribution in [1.29, 1.82) is 0 Å². The highest BCUT2D eigenvalue weighted by molar-refractivity contribution is 5.90. The standard InChI is InChI=1S/C16H16O3/c1-19-16(18)15-5-3-2-4-13(15)9-6-12-7-10-14(17)11-8-12/h2-5,7-8,10-11,17H,6,9H2,1H3. The van der Waals surface area contributed by atoms with Crippen molar-refractivity contribution in [3.05, 3.63) is 65.2 Å². The molecule has 0 amide bonds. The summed E-state index contributed by atoms with van der Waals surface area (Å²) in [6, 6.07) is 14.6. The molecule has 0 atom stereocenters. The second-order valence-electron chi connectivity index (χ2n) is 4.32. The summed E-state index contributed by atoms with van der Waals surface area (Å²) in [5.74, 6) is -0.0417. The smallest absolute Gasteiger partial charge is 0.338 e. The molecule has 2 aromatic rings. The van der Waals surface area contributed by atoms with Gasteiger partial charge in [0.2, 0.25) is 0 Å². The van der Waals surface area contributed by atoms with Gasteiger partial charge in [0.1, 0.15) is 5.75 Å². The van der Waals surface area contributed by atoms with Crippen molar-refractivity contribution in [2.24, 2.45) is 0 Å². The largest absolute Gasteiger partial charge is 0.508 e. The first-order valence-electron chi connectivity index (χ1n) is 6.15. The number of aryl methyl sites for hydroxylation is 2. The van der Waals surface area contributed by atoms with Crippen molar-refractivity contribution < 1.29 is 14.6 Å². The lowest BCUT2D eigenvalue weighted by Gasteiger charge is -2.07. The Bertz CT molecular complexity index is 558. The van der Waals surface area contributed by atoms with Crippen molar-refractivity contribution >= 4 is 5.97 Å². The molecule has 19 heavy (non-hydrogen) atoms. The number of carbonyl (C=O) groups excluding carboxylic acids is 1. The lowest BCUT2D eigenvalue weighted by Crippen LogP contribution is -2.06. The molecule has 0 saturated heterocycles. The SMILES string of the molecule is COC(=O)c1ccccc1CCc1ccc(O)cc1. The second kappa shape index (κ2) is 6.05. The molecule has 2 rings (SSSR count). The molecule has 0 spiro atoms. The minimum atomic E-state index is -0.304. The molecule has 3 heteroatoms. The van der Waals surface area contributed by atoms with Gasteiger partial charge < -0.3 is 9.84 Å². The Morgan fingerprint density at radius 2 is 1.74 bits per heavy atom. The fourth-order valence-corrected chi connectivity index (χ4v) is 1.99. The summed E-state index contributed by atoms with van der Waals surface area (Å²) >= 11 is 0. The van der Waals surface area contributed by atoms with Gasteiger partial charge in [0.25, 0.3) is 0 Å². The molecular weight excluding hydrogens is 240 g/mol. The number of carbonyl (C=O) groups is 1. The lowest BCUT2D eigenvalue weighted by atomic mass is 10.00. The van der Waals surface area contributed by atoms with E-state index in [1.807, 2.05) is 30.3 Å². The Kier molecular flexibility index (Phi) is 4.18. The van der Waals surface area contributed by atoms with Crippen LogP contribution < -0.4 is 0 Å². The summed E-state index contributed by atoms with van der Waals surface area (Å²) in [7, 11) is 1.39. The van der Waals surface area contributed by atoms with Crippen LogP contribution in [0.3, 0.4) is 0 Å². The summed E-state index contributed by atoms with van der Waals surface area (Å²) in [5, 5.41) is 9.23. The summed E-state index contributed by atoms with van der Waals surface area (Å²) in [5.41, 5.74) is 2.71. The number of methoxy groups -OCH3 is 1. The van der Waals surface area contributed by atoms with Crippen LogP contribution in [0.2, 0.25) is 0 Å². The van der Waals surface area contributed by atoms with E-state index < -0.39 is 0 Å². The topological polar surface area (TPSA) is 46.5 Å². The van der Waals surface area contributed by atoms with Crippen LogP contribution in [-0.4, -0.2) is 18.2 Å². The number of hydrogen-bond acceptors (Lipinski definition) is 3. The molecule has 0 aromatic heterocycles. The lowest BCUT2D eigenvalue weighted by molar-refractivity contribution is 0.0599. The molecule has 2 aromatic carbocycles. The maximum atomic E-state index is 11.6. The Morgan fingerprint density at radius 1 is 1.05 bits per heavy atom. The summed E-state index contributed by atoms with van der Waals surface area (Å²) < 4.78 is 4.77. The van der Waals surface area contributed by atoms with Gasteiger partial charge in [-0.05, 0) is 42.2 Å². The van der Waals surface area contributed by atoms with Crippen molar-refractivity contribution in [3.8, 4) is 5.75 Å². The molecule has 0 aliphatic rings. The highest BCUT2D eigenvalue weighted by Crippen LogP contribution is 2.15. The van der Waals surface area contributed by atoms with E-state index in [4.69, 9.17) is 4.74 Å². The average Bonchev–Trinajstić information content (AvgIpc) is 2.46. The van der Waals surface area contributed by atoms with E-state index >= 15 is 0 Å². The molecule has 98 valence electrons. The third-order valence-corrected chi connectivity index (χ3v) is 3.04. The van der Waals surface area contributed by atoms with Gasteiger partial charge in [0.15, 0.2) is 0 Å². The van der Waals surface area contributed by atoms with Crippen LogP contribution in [-0.2, 0) is 17.6 Å². The van der Waals surface area contributed by atoms with Crippen LogP contribution >= 0.6 is 0 Å². The molecule has 0 unspecified atom stereocenters. The fourth-order valence-electron chi connectivity index (χ4n) is 1.99. The number of aromatic hydroxyl groups is 1. The van der Waals surface area contributed by atoms with Crippen molar-refractivity contribution in [2.45, 2.75) is 12.8 Å². The number of phenols is 1. The number of esters is 1. The maximum Gasteiger partial charge on any atom is 0.338 e. The predicted molar refractivity (Wildman–Crippen MR) is 73.3 cm³/mol. The highest BCUT2D eigenvalue weighted by atomic mass is 16.5. The van der Waals surface area contributed by atoms with Gasteiger partial charge in [-0.1, -0.05) is 30.3 Å². The van der Waals surface area contributed by atoms with Crippen LogP contribution in [0.15, 0.2) is 48.5 Å². The van der Waals surface area contributed by atoms with E-state index in [0.717, 1.165) is 24.0 Å². The van der Waals surface area contributed by atoms with Gasteiger partial charge in [-0.3, -0.25) is 0 Å². The predicted octanol–water partition coefficient (Wildman–Crippen LogP) is 2.96. The maximum absolute atomic E-state index is 11.6. The van der Waals surface area contributed by atoms with Gasteiger partial charge in [-0.15, -0.1) is 0 Å². The Balaban J connectivity index is 2.11. The van der Waals surface area contributed by atoms with E-state index in [0.29, 0.717) is 5.56 Å². The number of rotatable bonds is 4. The van der Waals surface area contributed by atoms with Gasteiger partial charge in [-0.25, -0.2) is 4.79 Å². The molecular formula is C16H16O3. The Morgan fingerprint density at radius 3 is 2.42 bits per heavy atom. The molecule has 0 aliphatic heterocycles. The van der Waals surface area contributed by atoms with Gasteiger partial charge in [-0.2, -0.15) is 0 Å². The van der Waals surface area contributed by atoms with Crippen LogP contribution in [0.5, 0.6) is 5.75 Å². The highest BCUT2D eigenvalue weighted by Gasteiger charge is 2.10. The summed E-state index contributed by atoms with van der Waals surface area (Å²) in [6.07, 6.45) is 1.57. The second-order valence-corrected chi connectivity index (χ2v) is 4.32. The first-order valence-corrected chi connectivity index (χ1v) is 6.15. The molecule has 3 nitrogen and oxygen atoms in total. The van der Waals surface area contributed by atoms with Crippen molar-refractivity contribution in [3.63, 3.8) is 0 Å². The van der Waals surface area contributed by atoms with Crippen LogP contribution in [0.25, 0.3) is 0 Å². The Labute approximate surface area is 112 Å². The zero-order valence-electron chi connectivity index (χ0n) is 10.8.